The van der Waals surface area contributed by atoms with Gasteiger partial charge in [-0.2, -0.15) is 5.10 Å². The molecular formula is C23H29N5O2. The molecule has 158 valence electrons. The van der Waals surface area contributed by atoms with Gasteiger partial charge in [0.2, 0.25) is 5.91 Å². The van der Waals surface area contributed by atoms with Gasteiger partial charge in [0.1, 0.15) is 5.75 Å². The normalized spacial score (nSPS) is 11.9. The summed E-state index contributed by atoms with van der Waals surface area (Å²) in [5.41, 5.74) is 5.34. The highest BCUT2D eigenvalue weighted by atomic mass is 16.5. The number of aryl methyl sites for hydroxylation is 3. The van der Waals surface area contributed by atoms with Gasteiger partial charge in [-0.25, -0.2) is 14.6 Å². The van der Waals surface area contributed by atoms with Crippen LogP contribution in [-0.2, 0) is 11.2 Å². The van der Waals surface area contributed by atoms with Gasteiger partial charge in [-0.3, -0.25) is 4.79 Å². The predicted octanol–water partition coefficient (Wildman–Crippen LogP) is 3.71. The van der Waals surface area contributed by atoms with Crippen molar-refractivity contribution in [1.29, 1.82) is 0 Å². The van der Waals surface area contributed by atoms with Gasteiger partial charge in [-0.1, -0.05) is 12.1 Å². The van der Waals surface area contributed by atoms with Gasteiger partial charge in [0.25, 0.3) is 5.95 Å². The lowest BCUT2D eigenvalue weighted by atomic mass is 10.1. The summed E-state index contributed by atoms with van der Waals surface area (Å²) < 4.78 is 7.27. The van der Waals surface area contributed by atoms with Crippen LogP contribution in [0.4, 0.5) is 0 Å². The molecule has 0 saturated heterocycles. The zero-order valence-corrected chi connectivity index (χ0v) is 18.5. The molecule has 0 radical (unpaired) electrons. The Bertz CT molecular complexity index is 1040. The van der Waals surface area contributed by atoms with Gasteiger partial charge in [0.05, 0.1) is 24.8 Å². The molecule has 7 nitrogen and oxygen atoms in total. The molecule has 1 unspecified atom stereocenters. The number of carbonyl (C=O) groups excluding carboxylic acids is 1. The minimum absolute atomic E-state index is 0.0589. The topological polar surface area (TPSA) is 81.9 Å². The molecule has 0 fully saturated rings. The van der Waals surface area contributed by atoms with Crippen LogP contribution in [0.3, 0.4) is 0 Å². The molecule has 0 spiro atoms. The Morgan fingerprint density at radius 1 is 1.13 bits per heavy atom. The molecular weight excluding hydrogens is 378 g/mol. The van der Waals surface area contributed by atoms with Gasteiger partial charge in [-0.15, -0.1) is 0 Å². The van der Waals surface area contributed by atoms with Crippen LogP contribution in [0.15, 0.2) is 30.3 Å². The summed E-state index contributed by atoms with van der Waals surface area (Å²) >= 11 is 0. The largest absolute Gasteiger partial charge is 0.494 e. The number of nitrogens with one attached hydrogen (secondary N) is 1. The number of benzene rings is 1. The van der Waals surface area contributed by atoms with Crippen LogP contribution in [0.2, 0.25) is 0 Å². The van der Waals surface area contributed by atoms with Crippen molar-refractivity contribution in [2.45, 2.75) is 54.0 Å². The number of ether oxygens (including phenoxy) is 1. The van der Waals surface area contributed by atoms with E-state index in [0.717, 1.165) is 39.7 Å². The van der Waals surface area contributed by atoms with E-state index in [2.05, 4.69) is 20.4 Å². The van der Waals surface area contributed by atoms with Gasteiger partial charge >= 0.3 is 0 Å². The number of carbonyl (C=O) groups is 1. The summed E-state index contributed by atoms with van der Waals surface area (Å²) in [5, 5.41) is 7.65. The van der Waals surface area contributed by atoms with Crippen molar-refractivity contribution in [1.82, 2.24) is 25.1 Å². The lowest BCUT2D eigenvalue weighted by Gasteiger charge is -2.15. The lowest BCUT2D eigenvalue weighted by molar-refractivity contribution is -0.121. The van der Waals surface area contributed by atoms with Crippen LogP contribution in [0.1, 0.15) is 53.8 Å². The second kappa shape index (κ2) is 9.07. The quantitative estimate of drug-likeness (QED) is 0.646. The zero-order valence-electron chi connectivity index (χ0n) is 18.5. The number of amides is 1. The minimum atomic E-state index is -0.128. The van der Waals surface area contributed by atoms with Crippen molar-refractivity contribution < 1.29 is 9.53 Å². The molecule has 0 bridgehead atoms. The van der Waals surface area contributed by atoms with Crippen LogP contribution >= 0.6 is 0 Å². The number of aromatic nitrogens is 4. The van der Waals surface area contributed by atoms with Crippen LogP contribution in [0, 0.1) is 27.7 Å². The van der Waals surface area contributed by atoms with Crippen molar-refractivity contribution in [2.24, 2.45) is 0 Å². The number of hydrogen-bond acceptors (Lipinski definition) is 5. The van der Waals surface area contributed by atoms with Gasteiger partial charge in [0, 0.05) is 22.6 Å². The Balaban J connectivity index is 1.75. The fourth-order valence-electron chi connectivity index (χ4n) is 3.50. The molecule has 0 aliphatic carbocycles. The first-order valence-electron chi connectivity index (χ1n) is 10.2. The summed E-state index contributed by atoms with van der Waals surface area (Å²) in [5.74, 6) is 1.27. The maximum atomic E-state index is 12.8. The van der Waals surface area contributed by atoms with E-state index in [1.807, 2.05) is 71.9 Å². The lowest BCUT2D eigenvalue weighted by Crippen LogP contribution is -2.28. The van der Waals surface area contributed by atoms with E-state index >= 15 is 0 Å². The summed E-state index contributed by atoms with van der Waals surface area (Å²) in [6.07, 6.45) is 0.248. The third kappa shape index (κ3) is 4.84. The highest BCUT2D eigenvalue weighted by Gasteiger charge is 2.19. The number of hydrogen-bond donors (Lipinski definition) is 1. The van der Waals surface area contributed by atoms with Crippen molar-refractivity contribution in [2.75, 3.05) is 6.61 Å². The molecule has 3 aromatic rings. The third-order valence-electron chi connectivity index (χ3n) is 4.99. The Kier molecular flexibility index (Phi) is 6.50. The summed E-state index contributed by atoms with van der Waals surface area (Å²) in [4.78, 5) is 21.7. The first kappa shape index (κ1) is 21.5. The first-order valence-corrected chi connectivity index (χ1v) is 10.2. The molecule has 2 heterocycles. The van der Waals surface area contributed by atoms with E-state index < -0.39 is 0 Å². The highest BCUT2D eigenvalue weighted by molar-refractivity contribution is 5.79. The Hall–Kier alpha value is -3.22. The molecule has 0 saturated carbocycles. The second-order valence-corrected chi connectivity index (χ2v) is 7.48. The molecule has 3 rings (SSSR count). The maximum absolute atomic E-state index is 12.8. The molecule has 30 heavy (non-hydrogen) atoms. The van der Waals surface area contributed by atoms with Crippen LogP contribution in [0.5, 0.6) is 5.75 Å². The average Bonchev–Trinajstić information content (AvgIpc) is 2.96. The van der Waals surface area contributed by atoms with Gasteiger partial charge in [0.15, 0.2) is 0 Å². The Labute approximate surface area is 177 Å². The van der Waals surface area contributed by atoms with E-state index in [9.17, 15) is 4.79 Å². The molecule has 7 heteroatoms. The first-order chi connectivity index (χ1) is 14.3. The third-order valence-corrected chi connectivity index (χ3v) is 4.99. The van der Waals surface area contributed by atoms with Crippen molar-refractivity contribution in [3.8, 4) is 11.7 Å². The van der Waals surface area contributed by atoms with Crippen LogP contribution in [-0.4, -0.2) is 32.3 Å². The predicted molar refractivity (Wildman–Crippen MR) is 116 cm³/mol. The maximum Gasteiger partial charge on any atom is 0.251 e. The van der Waals surface area contributed by atoms with Crippen LogP contribution in [0.25, 0.3) is 5.95 Å². The molecule has 0 aliphatic rings. The highest BCUT2D eigenvalue weighted by Crippen LogP contribution is 2.21. The smallest absolute Gasteiger partial charge is 0.251 e. The monoisotopic (exact) mass is 407 g/mol. The summed E-state index contributed by atoms with van der Waals surface area (Å²) in [6.45, 7) is 12.2. The molecule has 1 aromatic carbocycles. The molecule has 2 aromatic heterocycles. The van der Waals surface area contributed by atoms with Crippen molar-refractivity contribution in [3.05, 3.63) is 64.2 Å². The molecule has 0 aliphatic heterocycles. The zero-order chi connectivity index (χ0) is 21.8. The molecule has 1 N–H and O–H groups in total. The minimum Gasteiger partial charge on any atom is -0.494 e. The Morgan fingerprint density at radius 3 is 2.50 bits per heavy atom. The van der Waals surface area contributed by atoms with Gasteiger partial charge in [-0.05, 0) is 65.3 Å². The number of rotatable bonds is 7. The van der Waals surface area contributed by atoms with E-state index in [-0.39, 0.29) is 18.4 Å². The standard InChI is InChI=1S/C23H29N5O2/c1-7-30-20-10-8-9-19(12-20)16(4)26-22(29)13-21-17(5)27-28(18(21)6)23-24-14(2)11-15(3)25-23/h8-12,16H,7,13H2,1-6H3,(H,26,29). The molecule has 1 atom stereocenters. The van der Waals surface area contributed by atoms with Crippen molar-refractivity contribution >= 4 is 5.91 Å². The van der Waals surface area contributed by atoms with Crippen molar-refractivity contribution in [3.63, 3.8) is 0 Å². The van der Waals surface area contributed by atoms with E-state index in [4.69, 9.17) is 4.74 Å². The summed E-state index contributed by atoms with van der Waals surface area (Å²) in [7, 11) is 0. The van der Waals surface area contributed by atoms with E-state index in [1.54, 1.807) is 4.68 Å². The average molecular weight is 408 g/mol. The second-order valence-electron chi connectivity index (χ2n) is 7.48. The SMILES string of the molecule is CCOc1cccc(C(C)NC(=O)Cc2c(C)nn(-c3nc(C)cc(C)n3)c2C)c1. The summed E-state index contributed by atoms with van der Waals surface area (Å²) in [6, 6.07) is 9.59. The van der Waals surface area contributed by atoms with Crippen LogP contribution < -0.4 is 10.1 Å². The number of nitrogens with zero attached hydrogens (tertiary/aromatic N) is 4. The van der Waals surface area contributed by atoms with E-state index in [0.29, 0.717) is 12.6 Å². The van der Waals surface area contributed by atoms with E-state index in [1.165, 1.54) is 0 Å². The fraction of sp³-hybridized carbons (Fsp3) is 0.391. The fourth-order valence-corrected chi connectivity index (χ4v) is 3.50. The Morgan fingerprint density at radius 2 is 1.83 bits per heavy atom. The van der Waals surface area contributed by atoms with Gasteiger partial charge < -0.3 is 10.1 Å². The molecule has 1 amide bonds.